The van der Waals surface area contributed by atoms with Crippen LogP contribution < -0.4 is 0 Å². The summed E-state index contributed by atoms with van der Waals surface area (Å²) < 4.78 is 11.1. The first-order valence-electron chi connectivity index (χ1n) is 17.6. The molecule has 1 saturated heterocycles. The van der Waals surface area contributed by atoms with Gasteiger partial charge in [0, 0.05) is 12.0 Å². The van der Waals surface area contributed by atoms with Crippen LogP contribution in [0.5, 0.6) is 0 Å². The molecule has 7 heteroatoms. The van der Waals surface area contributed by atoms with E-state index in [9.17, 15) is 25.2 Å². The molecular weight excluding hydrogens is 532 g/mol. The summed E-state index contributed by atoms with van der Waals surface area (Å²) in [5.74, 6) is -0.323. The molecule has 0 aromatic carbocycles. The van der Waals surface area contributed by atoms with Crippen LogP contribution in [0, 0.1) is 0 Å². The minimum absolute atomic E-state index is 0.184. The Kier molecular flexibility index (Phi) is 19.9. The van der Waals surface area contributed by atoms with Crippen LogP contribution in [0.4, 0.5) is 0 Å². The van der Waals surface area contributed by atoms with Crippen molar-refractivity contribution in [1.82, 2.24) is 0 Å². The Bertz CT molecular complexity index is 726. The van der Waals surface area contributed by atoms with Crippen LogP contribution in [-0.4, -0.2) is 69.1 Å². The van der Waals surface area contributed by atoms with E-state index in [1.165, 1.54) is 70.6 Å². The van der Waals surface area contributed by atoms with Gasteiger partial charge in [-0.1, -0.05) is 103 Å². The average molecular weight is 597 g/mol. The molecule has 1 unspecified atom stereocenters. The van der Waals surface area contributed by atoms with Crippen molar-refractivity contribution in [3.05, 3.63) is 11.6 Å². The fourth-order valence-corrected chi connectivity index (χ4v) is 6.40. The summed E-state index contributed by atoms with van der Waals surface area (Å²) in [7, 11) is 0. The number of carbonyl (C=O) groups excluding carboxylic acids is 1. The molecule has 0 spiro atoms. The molecule has 0 aromatic heterocycles. The van der Waals surface area contributed by atoms with Gasteiger partial charge in [-0.05, 0) is 57.9 Å². The number of hydrogen-bond acceptors (Lipinski definition) is 7. The Morgan fingerprint density at radius 1 is 0.667 bits per heavy atom. The van der Waals surface area contributed by atoms with Gasteiger partial charge in [-0.25, -0.2) is 4.79 Å². The van der Waals surface area contributed by atoms with Crippen LogP contribution in [-0.2, 0) is 14.3 Å². The predicted octanol–water partition coefficient (Wildman–Crippen LogP) is 7.06. The number of aliphatic hydroxyl groups is 4. The summed E-state index contributed by atoms with van der Waals surface area (Å²) in [5, 5.41) is 41.8. The maximum absolute atomic E-state index is 11.7. The molecule has 0 aromatic rings. The number of cyclic esters (lactones) is 1. The molecule has 0 saturated carbocycles. The highest BCUT2D eigenvalue weighted by Gasteiger charge is 2.34. The number of aliphatic hydroxyl groups excluding tert-OH is 4. The topological polar surface area (TPSA) is 116 Å². The first-order valence-corrected chi connectivity index (χ1v) is 17.6. The second-order valence-corrected chi connectivity index (χ2v) is 13.1. The first kappa shape index (κ1) is 37.2. The molecule has 2 aliphatic heterocycles. The van der Waals surface area contributed by atoms with Crippen LogP contribution >= 0.6 is 0 Å². The number of hydrogen-bond donors (Lipinski definition) is 4. The van der Waals surface area contributed by atoms with E-state index in [4.69, 9.17) is 9.47 Å². The van der Waals surface area contributed by atoms with E-state index in [2.05, 4.69) is 6.92 Å². The monoisotopic (exact) mass is 596 g/mol. The van der Waals surface area contributed by atoms with E-state index >= 15 is 0 Å². The smallest absolute Gasteiger partial charge is 0.334 e. The van der Waals surface area contributed by atoms with Crippen LogP contribution in [0.2, 0.25) is 0 Å². The van der Waals surface area contributed by atoms with Gasteiger partial charge in [0.15, 0.2) is 0 Å². The molecule has 1 fully saturated rings. The maximum atomic E-state index is 11.7. The standard InChI is InChI=1S/C35H64O7/c1-3-4-5-6-7-8-9-10-11-12-13-17-20-31(38)33-23-24-34(42-33)32(39)22-21-29(36)18-15-14-16-19-30(37)26-28-25-27(2)41-35(28)40/h25,27,29-34,36-39H,3-24,26H2,1-2H3/t27-,29+,30+,31-,32+,33+,34?/m0/s1. The highest BCUT2D eigenvalue weighted by atomic mass is 16.5. The summed E-state index contributed by atoms with van der Waals surface area (Å²) in [4.78, 5) is 11.7. The van der Waals surface area contributed by atoms with Gasteiger partial charge in [0.2, 0.25) is 0 Å². The van der Waals surface area contributed by atoms with E-state index in [0.717, 1.165) is 44.9 Å². The largest absolute Gasteiger partial charge is 0.455 e. The number of carbonyl (C=O) groups is 1. The Balaban J connectivity index is 1.43. The van der Waals surface area contributed by atoms with E-state index < -0.39 is 24.4 Å². The van der Waals surface area contributed by atoms with Gasteiger partial charge >= 0.3 is 5.97 Å². The van der Waals surface area contributed by atoms with Crippen LogP contribution in [0.15, 0.2) is 11.6 Å². The van der Waals surface area contributed by atoms with Crippen molar-refractivity contribution >= 4 is 5.97 Å². The fourth-order valence-electron chi connectivity index (χ4n) is 6.40. The molecule has 7 nitrogen and oxygen atoms in total. The number of unbranched alkanes of at least 4 members (excludes halogenated alkanes) is 13. The van der Waals surface area contributed by atoms with E-state index in [0.29, 0.717) is 37.7 Å². The van der Waals surface area contributed by atoms with Crippen molar-refractivity contribution in [1.29, 1.82) is 0 Å². The lowest BCUT2D eigenvalue weighted by atomic mass is 9.98. The molecule has 0 aliphatic carbocycles. The van der Waals surface area contributed by atoms with E-state index in [-0.39, 0.29) is 24.3 Å². The Morgan fingerprint density at radius 2 is 1.14 bits per heavy atom. The Labute approximate surface area is 256 Å². The van der Waals surface area contributed by atoms with Crippen molar-refractivity contribution in [3.63, 3.8) is 0 Å². The van der Waals surface area contributed by atoms with Crippen LogP contribution in [0.25, 0.3) is 0 Å². The van der Waals surface area contributed by atoms with E-state index in [1.807, 2.05) is 6.92 Å². The molecule has 2 aliphatic rings. The average Bonchev–Trinajstić information content (AvgIpc) is 3.58. The third kappa shape index (κ3) is 16.2. The van der Waals surface area contributed by atoms with Crippen molar-refractivity contribution in [3.8, 4) is 0 Å². The van der Waals surface area contributed by atoms with E-state index in [1.54, 1.807) is 6.08 Å². The highest BCUT2D eigenvalue weighted by Crippen LogP contribution is 2.28. The molecule has 0 radical (unpaired) electrons. The zero-order valence-electron chi connectivity index (χ0n) is 26.9. The third-order valence-electron chi connectivity index (χ3n) is 9.11. The van der Waals surface area contributed by atoms with Crippen molar-refractivity contribution in [2.75, 3.05) is 0 Å². The molecule has 0 amide bonds. The molecule has 7 atom stereocenters. The number of rotatable bonds is 26. The minimum Gasteiger partial charge on any atom is -0.455 e. The molecule has 246 valence electrons. The quantitative estimate of drug-likeness (QED) is 0.0624. The summed E-state index contributed by atoms with van der Waals surface area (Å²) >= 11 is 0. The number of ether oxygens (including phenoxy) is 2. The molecule has 2 rings (SSSR count). The third-order valence-corrected chi connectivity index (χ3v) is 9.11. The van der Waals surface area contributed by atoms with Crippen LogP contribution in [0.3, 0.4) is 0 Å². The van der Waals surface area contributed by atoms with Crippen molar-refractivity contribution in [2.45, 2.75) is 204 Å². The minimum atomic E-state index is -0.613. The molecular formula is C35H64O7. The van der Waals surface area contributed by atoms with Gasteiger partial charge in [0.25, 0.3) is 0 Å². The summed E-state index contributed by atoms with van der Waals surface area (Å²) in [5.41, 5.74) is 0.565. The Morgan fingerprint density at radius 3 is 1.69 bits per heavy atom. The maximum Gasteiger partial charge on any atom is 0.334 e. The SMILES string of the molecule is CCCCCCCCCCCCCC[C@H](O)[C@H]1CCC([C@H](O)CC[C@H](O)CCCCC[C@@H](O)CC2=C[C@H](C)OC2=O)O1. The van der Waals surface area contributed by atoms with Gasteiger partial charge in [-0.2, -0.15) is 0 Å². The fraction of sp³-hybridized carbons (Fsp3) is 0.914. The Hall–Kier alpha value is -0.990. The second kappa shape index (κ2) is 22.5. The lowest BCUT2D eigenvalue weighted by Crippen LogP contribution is -2.31. The van der Waals surface area contributed by atoms with Gasteiger partial charge in [-0.15, -0.1) is 0 Å². The second-order valence-electron chi connectivity index (χ2n) is 13.1. The molecule has 42 heavy (non-hydrogen) atoms. The molecule has 0 bridgehead atoms. The van der Waals surface area contributed by atoms with Crippen molar-refractivity contribution in [2.24, 2.45) is 0 Å². The number of esters is 1. The summed E-state index contributed by atoms with van der Waals surface area (Å²) in [6.07, 6.45) is 22.3. The summed E-state index contributed by atoms with van der Waals surface area (Å²) in [6.45, 7) is 4.07. The van der Waals surface area contributed by atoms with Gasteiger partial charge in [0.05, 0.1) is 36.6 Å². The van der Waals surface area contributed by atoms with Crippen molar-refractivity contribution < 1.29 is 34.7 Å². The van der Waals surface area contributed by atoms with Gasteiger partial charge in [-0.3, -0.25) is 0 Å². The predicted molar refractivity (Wildman–Crippen MR) is 168 cm³/mol. The molecule has 2 heterocycles. The highest BCUT2D eigenvalue weighted by molar-refractivity contribution is 5.90. The lowest BCUT2D eigenvalue weighted by molar-refractivity contribution is -0.139. The zero-order chi connectivity index (χ0) is 30.6. The molecule has 4 N–H and O–H groups in total. The lowest BCUT2D eigenvalue weighted by Gasteiger charge is -2.23. The zero-order valence-corrected chi connectivity index (χ0v) is 26.9. The normalized spacial score (nSPS) is 23.5. The first-order chi connectivity index (χ1) is 20.3. The van der Waals surface area contributed by atoms with Gasteiger partial charge in [0.1, 0.15) is 6.10 Å². The summed E-state index contributed by atoms with van der Waals surface area (Å²) in [6, 6.07) is 0. The van der Waals surface area contributed by atoms with Crippen LogP contribution in [0.1, 0.15) is 162 Å². The van der Waals surface area contributed by atoms with Gasteiger partial charge < -0.3 is 29.9 Å².